The third kappa shape index (κ3) is 2.74. The van der Waals surface area contributed by atoms with Gasteiger partial charge in [0.2, 0.25) is 0 Å². The van der Waals surface area contributed by atoms with Gasteiger partial charge in [-0.05, 0) is 66.9 Å². The molecule has 0 unspecified atom stereocenters. The molecule has 7 aromatic rings. The lowest BCUT2D eigenvalue weighted by atomic mass is 9.82. The van der Waals surface area contributed by atoms with Crippen LogP contribution in [0.25, 0.3) is 38.8 Å². The largest absolute Gasteiger partial charge is 0.518 e. The van der Waals surface area contributed by atoms with E-state index in [9.17, 15) is 0 Å². The summed E-state index contributed by atoms with van der Waals surface area (Å²) in [5.74, 6) is 0. The van der Waals surface area contributed by atoms with E-state index in [1.54, 1.807) is 0 Å². The number of nitrogens with zero attached hydrogens (tertiary/aromatic N) is 4. The molecule has 0 saturated carbocycles. The smallest absolute Gasteiger partial charge is 0.351 e. The third-order valence-electron chi connectivity index (χ3n) is 8.28. The van der Waals surface area contributed by atoms with Gasteiger partial charge in [-0.25, -0.2) is 0 Å². The number of rotatable bonds is 2. The van der Waals surface area contributed by atoms with Gasteiger partial charge in [0, 0.05) is 39.1 Å². The van der Waals surface area contributed by atoms with Crippen LogP contribution in [0.3, 0.4) is 0 Å². The Kier molecular flexibility index (Phi) is 4.11. The van der Waals surface area contributed by atoms with Crippen molar-refractivity contribution >= 4 is 51.7 Å². The fourth-order valence-corrected chi connectivity index (χ4v) is 6.70. The monoisotopic (exact) mass is 498 g/mol. The fourth-order valence-electron chi connectivity index (χ4n) is 6.70. The standard InChI is InChI=1S/C34H23BN4/c1-2-11-24(12-3-1)38-33-21-20-25(37-30-16-7-4-13-26(30)27-14-5-8-17-31(27)37)23-34(33)39-32-18-9-6-15-28(32)29-19-10-22-36(29)35(38)39/h1-23H. The van der Waals surface area contributed by atoms with Crippen LogP contribution in [0, 0.1) is 0 Å². The molecule has 4 heterocycles. The molecule has 182 valence electrons. The van der Waals surface area contributed by atoms with Crippen molar-refractivity contribution in [3.8, 4) is 16.9 Å². The first-order valence-corrected chi connectivity index (χ1v) is 13.4. The first kappa shape index (κ1) is 20.9. The van der Waals surface area contributed by atoms with Crippen molar-refractivity contribution in [2.75, 3.05) is 9.62 Å². The van der Waals surface area contributed by atoms with Crippen LogP contribution in [0.5, 0.6) is 0 Å². The minimum atomic E-state index is -0.0318. The van der Waals surface area contributed by atoms with Crippen LogP contribution in [0.2, 0.25) is 0 Å². The summed E-state index contributed by atoms with van der Waals surface area (Å²) in [4.78, 5) is 4.96. The van der Waals surface area contributed by atoms with Gasteiger partial charge >= 0.3 is 7.12 Å². The maximum Gasteiger partial charge on any atom is 0.518 e. The van der Waals surface area contributed by atoms with E-state index in [1.807, 2.05) is 0 Å². The molecule has 9 rings (SSSR count). The Labute approximate surface area is 226 Å². The minimum Gasteiger partial charge on any atom is -0.351 e. The summed E-state index contributed by atoms with van der Waals surface area (Å²) in [5, 5.41) is 2.55. The lowest BCUT2D eigenvalue weighted by Crippen LogP contribution is -2.51. The molecule has 0 amide bonds. The van der Waals surface area contributed by atoms with Crippen molar-refractivity contribution in [1.82, 2.24) is 9.05 Å². The summed E-state index contributed by atoms with van der Waals surface area (Å²) in [6.45, 7) is 0. The van der Waals surface area contributed by atoms with Gasteiger partial charge in [-0.2, -0.15) is 0 Å². The van der Waals surface area contributed by atoms with Crippen LogP contribution in [0.1, 0.15) is 0 Å². The van der Waals surface area contributed by atoms with E-state index in [0.29, 0.717) is 0 Å². The highest BCUT2D eigenvalue weighted by molar-refractivity contribution is 6.73. The van der Waals surface area contributed by atoms with Gasteiger partial charge in [-0.15, -0.1) is 0 Å². The third-order valence-corrected chi connectivity index (χ3v) is 8.28. The normalized spacial score (nSPS) is 13.5. The molecule has 0 atom stereocenters. The van der Waals surface area contributed by atoms with Crippen LogP contribution in [-0.2, 0) is 0 Å². The number of fused-ring (bicyclic) bond motifs is 11. The number of anilines is 4. The Morgan fingerprint density at radius 1 is 0.462 bits per heavy atom. The van der Waals surface area contributed by atoms with Crippen molar-refractivity contribution in [3.05, 3.63) is 140 Å². The second-order valence-electron chi connectivity index (χ2n) is 10.3. The fraction of sp³-hybridized carbons (Fsp3) is 0. The summed E-state index contributed by atoms with van der Waals surface area (Å²) in [6, 6.07) is 48.3. The summed E-state index contributed by atoms with van der Waals surface area (Å²) in [6.07, 6.45) is 2.21. The molecule has 5 heteroatoms. The lowest BCUT2D eigenvalue weighted by molar-refractivity contribution is 1.11. The van der Waals surface area contributed by atoms with Crippen LogP contribution in [-0.4, -0.2) is 16.2 Å². The predicted octanol–water partition coefficient (Wildman–Crippen LogP) is 8.39. The SMILES string of the molecule is c1ccc(N2B3N(c4ccccc4-c4cccn43)c3cc(-n4c5ccccc5c5ccccc54)ccc32)cc1. The Morgan fingerprint density at radius 3 is 1.95 bits per heavy atom. The Bertz CT molecular complexity index is 2000. The summed E-state index contributed by atoms with van der Waals surface area (Å²) in [5.41, 5.74) is 10.9. The molecule has 0 aliphatic carbocycles. The predicted molar refractivity (Wildman–Crippen MR) is 163 cm³/mol. The molecule has 5 aromatic carbocycles. The Morgan fingerprint density at radius 2 is 1.15 bits per heavy atom. The van der Waals surface area contributed by atoms with Crippen molar-refractivity contribution < 1.29 is 0 Å². The van der Waals surface area contributed by atoms with Crippen molar-refractivity contribution in [2.45, 2.75) is 0 Å². The summed E-state index contributed by atoms with van der Waals surface area (Å²) >= 11 is 0. The molecule has 0 spiro atoms. The Balaban J connectivity index is 1.35. The van der Waals surface area contributed by atoms with Gasteiger partial charge in [0.05, 0.1) is 22.4 Å². The molecule has 2 aliphatic heterocycles. The lowest BCUT2D eigenvalue weighted by Gasteiger charge is -2.36. The number of aromatic nitrogens is 2. The molecular formula is C34H23BN4. The van der Waals surface area contributed by atoms with E-state index >= 15 is 0 Å². The van der Waals surface area contributed by atoms with E-state index in [0.717, 1.165) is 5.69 Å². The van der Waals surface area contributed by atoms with Crippen molar-refractivity contribution in [2.24, 2.45) is 0 Å². The van der Waals surface area contributed by atoms with Crippen LogP contribution < -0.4 is 9.62 Å². The highest BCUT2D eigenvalue weighted by atomic mass is 15.4. The van der Waals surface area contributed by atoms with Crippen molar-refractivity contribution in [3.63, 3.8) is 0 Å². The van der Waals surface area contributed by atoms with Gasteiger partial charge in [0.25, 0.3) is 0 Å². The van der Waals surface area contributed by atoms with Gasteiger partial charge in [-0.3, -0.25) is 0 Å². The first-order chi connectivity index (χ1) is 19.4. The zero-order chi connectivity index (χ0) is 25.5. The van der Waals surface area contributed by atoms with Crippen LogP contribution in [0.4, 0.5) is 22.7 Å². The van der Waals surface area contributed by atoms with Gasteiger partial charge in [-0.1, -0.05) is 72.8 Å². The molecule has 39 heavy (non-hydrogen) atoms. The van der Waals surface area contributed by atoms with E-state index in [2.05, 4.69) is 158 Å². The highest BCUT2D eigenvalue weighted by Gasteiger charge is 2.48. The molecule has 0 N–H and O–H groups in total. The quantitative estimate of drug-likeness (QED) is 0.223. The van der Waals surface area contributed by atoms with E-state index in [4.69, 9.17) is 0 Å². The average molecular weight is 498 g/mol. The Hall–Kier alpha value is -5.16. The molecule has 4 nitrogen and oxygen atoms in total. The molecule has 2 aromatic heterocycles. The number of benzene rings is 5. The van der Waals surface area contributed by atoms with Gasteiger partial charge < -0.3 is 18.7 Å². The van der Waals surface area contributed by atoms with Crippen molar-refractivity contribution in [1.29, 1.82) is 0 Å². The average Bonchev–Trinajstić information content (AvgIpc) is 3.70. The number of para-hydroxylation sites is 4. The number of hydrogen-bond acceptors (Lipinski definition) is 2. The maximum atomic E-state index is 2.50. The maximum absolute atomic E-state index is 2.50. The zero-order valence-electron chi connectivity index (χ0n) is 21.1. The van der Waals surface area contributed by atoms with E-state index in [-0.39, 0.29) is 7.12 Å². The van der Waals surface area contributed by atoms with Gasteiger partial charge in [0.15, 0.2) is 0 Å². The molecule has 0 fully saturated rings. The first-order valence-electron chi connectivity index (χ1n) is 13.4. The molecule has 2 aliphatic rings. The van der Waals surface area contributed by atoms with E-state index < -0.39 is 0 Å². The second kappa shape index (κ2) is 7.68. The zero-order valence-corrected chi connectivity index (χ0v) is 21.1. The van der Waals surface area contributed by atoms with Crippen LogP contribution in [0.15, 0.2) is 140 Å². The molecular weight excluding hydrogens is 475 g/mol. The minimum absolute atomic E-state index is 0.0318. The second-order valence-corrected chi connectivity index (χ2v) is 10.3. The number of hydrogen-bond donors (Lipinski definition) is 0. The van der Waals surface area contributed by atoms with E-state index in [1.165, 1.54) is 55.8 Å². The summed E-state index contributed by atoms with van der Waals surface area (Å²) < 4.78 is 4.80. The molecule has 0 radical (unpaired) electrons. The van der Waals surface area contributed by atoms with Crippen LogP contribution >= 0.6 is 0 Å². The molecule has 0 saturated heterocycles. The molecule has 0 bridgehead atoms. The topological polar surface area (TPSA) is 16.3 Å². The van der Waals surface area contributed by atoms with Gasteiger partial charge in [0.1, 0.15) is 0 Å². The highest BCUT2D eigenvalue weighted by Crippen LogP contribution is 2.52. The summed E-state index contributed by atoms with van der Waals surface area (Å²) in [7, 11) is -0.0318.